The molecule has 4 saturated heterocycles. The maximum Gasteiger partial charge on any atom is 0.328 e. The van der Waals surface area contributed by atoms with Gasteiger partial charge in [-0.3, -0.25) is 57.5 Å². The Hall–Kier alpha value is -8.98. The van der Waals surface area contributed by atoms with Gasteiger partial charge in [0.15, 0.2) is 0 Å². The van der Waals surface area contributed by atoms with Crippen molar-refractivity contribution in [3.05, 3.63) is 71.8 Å². The molecular weight excluding hydrogens is 1360 g/mol. The van der Waals surface area contributed by atoms with Crippen molar-refractivity contribution in [2.45, 2.75) is 272 Å². The summed E-state index contributed by atoms with van der Waals surface area (Å²) < 4.78 is 9.82. The minimum Gasteiger partial charge on any atom is -0.467 e. The predicted octanol–water partition coefficient (Wildman–Crippen LogP) is 4.47. The zero-order valence-electron chi connectivity index (χ0n) is 66.2. The lowest BCUT2D eigenvalue weighted by Crippen LogP contribution is -2.64. The molecule has 0 radical (unpaired) electrons. The average molecular weight is 1480 g/mol. The Morgan fingerprint density at radius 3 is 0.915 bits per heavy atom. The number of benzene rings is 2. The summed E-state index contributed by atoms with van der Waals surface area (Å²) in [6.45, 7) is 32.2. The third-order valence-electron chi connectivity index (χ3n) is 19.4. The van der Waals surface area contributed by atoms with Gasteiger partial charge in [-0.1, -0.05) is 130 Å². The molecule has 0 saturated carbocycles. The Kier molecular flexibility index (Phi) is 30.6. The molecule has 12 amide bonds. The van der Waals surface area contributed by atoms with Gasteiger partial charge in [0.05, 0.1) is 14.2 Å². The van der Waals surface area contributed by atoms with Crippen LogP contribution in [-0.2, 0) is 89.4 Å². The fraction of sp³-hybridized carbons (Fsp3) is 0.667. The standard InChI is InChI=1S/2C39H60N6O8/c2*1-24(2)22-26(30(46)42-38(6,7)35(51)41-27(33(49)53-10)23-25-16-12-11-13-17-25)40-34(50)39(8,9)43-31(47)28-18-14-20-44(28)32(48)29-19-15-21-45(29)36(52)37(3,4)5/h2*11-13,16-17,24,26-29H,14-15,18-23H2,1-10H3,(H,40,50)(H,41,51)(H,42,46)(H,43,47)/t2*26-,27-,28-,29-/m00/s1. The number of hydrogen-bond donors (Lipinski definition) is 8. The lowest BCUT2D eigenvalue weighted by atomic mass is 9.94. The van der Waals surface area contributed by atoms with Crippen LogP contribution in [0.2, 0.25) is 0 Å². The van der Waals surface area contributed by atoms with Gasteiger partial charge in [0.1, 0.15) is 70.5 Å². The second-order valence-electron chi connectivity index (χ2n) is 33.4. The van der Waals surface area contributed by atoms with E-state index >= 15 is 0 Å². The summed E-state index contributed by atoms with van der Waals surface area (Å²) in [5, 5.41) is 21.9. The van der Waals surface area contributed by atoms with Crippen molar-refractivity contribution in [3.63, 3.8) is 0 Å². The Morgan fingerprint density at radius 2 is 0.642 bits per heavy atom. The van der Waals surface area contributed by atoms with Crippen LogP contribution >= 0.6 is 0 Å². The monoisotopic (exact) mass is 1480 g/mol. The third kappa shape index (κ3) is 24.0. The first kappa shape index (κ1) is 87.7. The summed E-state index contributed by atoms with van der Waals surface area (Å²) in [6, 6.07) is 11.2. The van der Waals surface area contributed by atoms with Crippen LogP contribution in [0.3, 0.4) is 0 Å². The van der Waals surface area contributed by atoms with Gasteiger partial charge in [0, 0.05) is 49.9 Å². The third-order valence-corrected chi connectivity index (χ3v) is 19.4. The van der Waals surface area contributed by atoms with E-state index in [1.54, 1.807) is 9.80 Å². The Labute approximate surface area is 625 Å². The van der Waals surface area contributed by atoms with Crippen LogP contribution in [-0.4, -0.2) is 213 Å². The first-order valence-corrected chi connectivity index (χ1v) is 37.2. The number of amides is 12. The Morgan fingerprint density at radius 1 is 0.377 bits per heavy atom. The highest BCUT2D eigenvalue weighted by atomic mass is 16.5. The van der Waals surface area contributed by atoms with Gasteiger partial charge in [0.2, 0.25) is 70.9 Å². The van der Waals surface area contributed by atoms with Crippen LogP contribution in [0, 0.1) is 22.7 Å². The summed E-state index contributed by atoms with van der Waals surface area (Å²) in [5.74, 6) is -6.84. The van der Waals surface area contributed by atoms with E-state index in [0.717, 1.165) is 11.1 Å². The predicted molar refractivity (Wildman–Crippen MR) is 398 cm³/mol. The van der Waals surface area contributed by atoms with E-state index in [4.69, 9.17) is 9.47 Å². The van der Waals surface area contributed by atoms with Gasteiger partial charge in [-0.05, 0) is 143 Å². The van der Waals surface area contributed by atoms with Crippen molar-refractivity contribution >= 4 is 82.8 Å². The van der Waals surface area contributed by atoms with Crippen LogP contribution in [0.25, 0.3) is 0 Å². The topological polar surface area (TPSA) is 367 Å². The second kappa shape index (κ2) is 37.0. The average Bonchev–Trinajstić information content (AvgIpc) is 1.63. The highest BCUT2D eigenvalue weighted by molar-refractivity contribution is 6.01. The van der Waals surface area contributed by atoms with Gasteiger partial charge < -0.3 is 71.6 Å². The van der Waals surface area contributed by atoms with Crippen molar-refractivity contribution in [1.29, 1.82) is 0 Å². The normalized spacial score (nSPS) is 18.9. The molecule has 4 aliphatic heterocycles. The quantitative estimate of drug-likeness (QED) is 0.0545. The first-order valence-electron chi connectivity index (χ1n) is 37.2. The lowest BCUT2D eigenvalue weighted by Gasteiger charge is -2.35. The summed E-state index contributed by atoms with van der Waals surface area (Å²) in [6.07, 6.45) is 5.29. The molecule has 0 bridgehead atoms. The molecule has 0 aliphatic carbocycles. The zero-order valence-corrected chi connectivity index (χ0v) is 66.2. The minimum absolute atomic E-state index is 0.0337. The molecule has 2 aromatic carbocycles. The zero-order chi connectivity index (χ0) is 79.8. The van der Waals surface area contributed by atoms with Crippen LogP contribution in [0.4, 0.5) is 0 Å². The number of ether oxygens (including phenoxy) is 2. The van der Waals surface area contributed by atoms with Crippen LogP contribution < -0.4 is 42.5 Å². The molecule has 4 heterocycles. The molecule has 28 heteroatoms. The highest BCUT2D eigenvalue weighted by Gasteiger charge is 2.49. The summed E-state index contributed by atoms with van der Waals surface area (Å²) in [4.78, 5) is 194. The molecule has 588 valence electrons. The molecule has 0 spiro atoms. The van der Waals surface area contributed by atoms with Crippen molar-refractivity contribution in [1.82, 2.24) is 62.1 Å². The van der Waals surface area contributed by atoms with Crippen molar-refractivity contribution in [2.75, 3.05) is 40.4 Å². The molecule has 4 fully saturated rings. The van der Waals surface area contributed by atoms with Gasteiger partial charge in [-0.15, -0.1) is 0 Å². The molecule has 6 rings (SSSR count). The molecule has 0 unspecified atom stereocenters. The number of likely N-dealkylation sites (tertiary alicyclic amines) is 4. The number of carbonyl (C=O) groups excluding carboxylic acids is 14. The van der Waals surface area contributed by atoms with E-state index in [1.165, 1.54) is 79.4 Å². The smallest absolute Gasteiger partial charge is 0.328 e. The van der Waals surface area contributed by atoms with Gasteiger partial charge in [0.25, 0.3) is 0 Å². The number of carbonyl (C=O) groups is 14. The van der Waals surface area contributed by atoms with Crippen molar-refractivity contribution in [2.24, 2.45) is 22.7 Å². The Balaban J connectivity index is 0.000000381. The van der Waals surface area contributed by atoms with E-state index in [-0.39, 0.29) is 61.1 Å². The van der Waals surface area contributed by atoms with E-state index in [0.29, 0.717) is 77.5 Å². The fourth-order valence-electron chi connectivity index (χ4n) is 13.3. The maximum atomic E-state index is 13.8. The number of nitrogens with zero attached hydrogens (tertiary/aromatic N) is 4. The number of esters is 2. The minimum atomic E-state index is -1.49. The van der Waals surface area contributed by atoms with Crippen molar-refractivity contribution < 1.29 is 76.6 Å². The van der Waals surface area contributed by atoms with E-state index in [9.17, 15) is 67.1 Å². The maximum absolute atomic E-state index is 13.8. The number of nitrogens with one attached hydrogen (secondary N) is 8. The molecule has 28 nitrogen and oxygen atoms in total. The molecule has 106 heavy (non-hydrogen) atoms. The Bertz CT molecular complexity index is 3260. The van der Waals surface area contributed by atoms with Crippen LogP contribution in [0.15, 0.2) is 60.7 Å². The molecule has 8 N–H and O–H groups in total. The van der Waals surface area contributed by atoms with Gasteiger partial charge in [-0.2, -0.15) is 0 Å². The van der Waals surface area contributed by atoms with Crippen molar-refractivity contribution in [3.8, 4) is 0 Å². The molecule has 2 aromatic rings. The summed E-state index contributed by atoms with van der Waals surface area (Å²) in [7, 11) is 2.46. The first-order chi connectivity index (χ1) is 49.2. The van der Waals surface area contributed by atoms with Gasteiger partial charge >= 0.3 is 11.9 Å². The molecule has 0 aromatic heterocycles. The molecule has 8 atom stereocenters. The largest absolute Gasteiger partial charge is 0.467 e. The summed E-state index contributed by atoms with van der Waals surface area (Å²) >= 11 is 0. The number of hydrogen-bond acceptors (Lipinski definition) is 16. The molecular formula is C78H120N12O16. The van der Waals surface area contributed by atoms with Crippen LogP contribution in [0.5, 0.6) is 0 Å². The van der Waals surface area contributed by atoms with E-state index < -0.39 is 141 Å². The molecule has 4 aliphatic rings. The highest BCUT2D eigenvalue weighted by Crippen LogP contribution is 2.32. The number of rotatable bonds is 28. The van der Waals surface area contributed by atoms with E-state index in [1.807, 2.05) is 130 Å². The van der Waals surface area contributed by atoms with Gasteiger partial charge in [-0.25, -0.2) is 9.59 Å². The van der Waals surface area contributed by atoms with Crippen LogP contribution in [0.1, 0.15) is 200 Å². The lowest BCUT2D eigenvalue weighted by molar-refractivity contribution is -0.150. The summed E-state index contributed by atoms with van der Waals surface area (Å²) in [5.41, 5.74) is -5.63. The second-order valence-corrected chi connectivity index (χ2v) is 33.4. The SMILES string of the molecule is COC(=O)[C@H](Cc1ccccc1)NC(=O)C(C)(C)NC(=O)[C@H](CC(C)C)NC(=O)C(C)(C)NC(=O)[C@@H]1CCCN1C(=O)[C@@H]1CCCN1C(=O)C(C)(C)C.COC(=O)[C@H](Cc1ccccc1)NC(=O)C(C)(C)NC(=O)[C@H](CC(C)C)NC(=O)C(C)(C)NC(=O)[C@@H]1CCCN1C(=O)[C@@H]1CCCN1C(=O)C(C)(C)C. The fourth-order valence-corrected chi connectivity index (χ4v) is 13.3. The van der Waals surface area contributed by atoms with E-state index in [2.05, 4.69) is 42.5 Å². The number of methoxy groups -OCH3 is 2.